The van der Waals surface area contributed by atoms with Gasteiger partial charge in [-0.25, -0.2) is 4.79 Å². The monoisotopic (exact) mass is 487 g/mol. The van der Waals surface area contributed by atoms with Gasteiger partial charge in [0, 0.05) is 34.8 Å². The lowest BCUT2D eigenvalue weighted by molar-refractivity contribution is -0.0165. The molecule has 3 heterocycles. The number of rotatable bonds is 2. The van der Waals surface area contributed by atoms with Crippen molar-refractivity contribution in [2.24, 2.45) is 0 Å². The van der Waals surface area contributed by atoms with Crippen LogP contribution >= 0.6 is 15.9 Å². The number of ketones is 1. The zero-order valence-corrected chi connectivity index (χ0v) is 18.0. The highest BCUT2D eigenvalue weighted by atomic mass is 79.9. The van der Waals surface area contributed by atoms with Crippen molar-refractivity contribution < 1.29 is 33.3 Å². The number of carbonyl (C=O) groups excluding carboxylic acids is 2. The van der Waals surface area contributed by atoms with E-state index in [1.54, 1.807) is 29.2 Å². The zero-order chi connectivity index (χ0) is 21.4. The topological polar surface area (TPSA) is 83.5 Å². The lowest BCUT2D eigenvalue weighted by Gasteiger charge is -2.25. The quantitative estimate of drug-likeness (QED) is 0.596. The Labute approximate surface area is 186 Å². The molecule has 0 unspecified atom stereocenters. The van der Waals surface area contributed by atoms with Crippen LogP contribution in [0.25, 0.3) is 6.08 Å². The maximum absolute atomic E-state index is 12.8. The van der Waals surface area contributed by atoms with E-state index in [1.807, 2.05) is 12.1 Å². The number of morpholine rings is 1. The molecule has 2 aromatic rings. The van der Waals surface area contributed by atoms with Crippen LogP contribution in [0.5, 0.6) is 17.2 Å². The number of benzene rings is 2. The van der Waals surface area contributed by atoms with E-state index in [4.69, 9.17) is 23.7 Å². The molecule has 0 spiro atoms. The number of halogens is 1. The summed E-state index contributed by atoms with van der Waals surface area (Å²) in [5, 5.41) is 0. The second kappa shape index (κ2) is 8.33. The van der Waals surface area contributed by atoms with E-state index in [0.29, 0.717) is 61.3 Å². The molecule has 0 atom stereocenters. The van der Waals surface area contributed by atoms with Gasteiger partial charge in [0.2, 0.25) is 5.78 Å². The van der Waals surface area contributed by atoms with Gasteiger partial charge in [0.1, 0.15) is 17.2 Å². The van der Waals surface area contributed by atoms with Gasteiger partial charge in [-0.1, -0.05) is 15.9 Å². The Hall–Kier alpha value is -2.88. The fraction of sp³-hybridized carbons (Fsp3) is 0.273. The third kappa shape index (κ3) is 4.04. The molecular formula is C22H18BrNO7. The largest absolute Gasteiger partial charge is 0.467 e. The van der Waals surface area contributed by atoms with Gasteiger partial charge < -0.3 is 28.6 Å². The highest BCUT2D eigenvalue weighted by Gasteiger charge is 2.29. The van der Waals surface area contributed by atoms with Gasteiger partial charge in [-0.3, -0.25) is 4.79 Å². The molecule has 0 radical (unpaired) electrons. The van der Waals surface area contributed by atoms with Crippen LogP contribution in [0.2, 0.25) is 0 Å². The number of hydrogen-bond donors (Lipinski definition) is 0. The van der Waals surface area contributed by atoms with E-state index in [-0.39, 0.29) is 18.3 Å². The van der Waals surface area contributed by atoms with Crippen molar-refractivity contribution in [1.82, 2.24) is 4.90 Å². The summed E-state index contributed by atoms with van der Waals surface area (Å²) in [6, 6.07) is 8.50. The Morgan fingerprint density at radius 1 is 1.13 bits per heavy atom. The second-order valence-electron chi connectivity index (χ2n) is 7.16. The summed E-state index contributed by atoms with van der Waals surface area (Å²) in [5.41, 5.74) is 2.00. The Kier molecular flexibility index (Phi) is 5.39. The van der Waals surface area contributed by atoms with E-state index in [1.165, 1.54) is 0 Å². The summed E-state index contributed by atoms with van der Waals surface area (Å²) in [5.74, 6) is 1.24. The molecule has 0 N–H and O–H groups in total. The summed E-state index contributed by atoms with van der Waals surface area (Å²) in [6.07, 6.45) is 1.19. The highest BCUT2D eigenvalue weighted by Crippen LogP contribution is 2.38. The smallest absolute Gasteiger partial charge is 0.415 e. The van der Waals surface area contributed by atoms with Crippen LogP contribution in [-0.2, 0) is 16.1 Å². The predicted molar refractivity (Wildman–Crippen MR) is 112 cm³/mol. The van der Waals surface area contributed by atoms with Crippen LogP contribution in [0.3, 0.4) is 0 Å². The maximum atomic E-state index is 12.8. The first-order valence-electron chi connectivity index (χ1n) is 9.74. The van der Waals surface area contributed by atoms with E-state index in [0.717, 1.165) is 10.0 Å². The van der Waals surface area contributed by atoms with Gasteiger partial charge in [0.25, 0.3) is 0 Å². The molecule has 160 valence electrons. The molecule has 9 heteroatoms. The third-order valence-electron chi connectivity index (χ3n) is 5.11. The van der Waals surface area contributed by atoms with Crippen LogP contribution in [0.15, 0.2) is 40.6 Å². The van der Waals surface area contributed by atoms with E-state index >= 15 is 0 Å². The van der Waals surface area contributed by atoms with Crippen molar-refractivity contribution in [3.8, 4) is 17.2 Å². The third-order valence-corrected chi connectivity index (χ3v) is 5.56. The SMILES string of the molecule is O=C1/C(=C/c2cc(Br)cc3c2OCOC3)Oc2cc(OC(=O)N3CCOCC3)ccc21. The molecule has 3 aliphatic rings. The number of hydrogen-bond acceptors (Lipinski definition) is 7. The highest BCUT2D eigenvalue weighted by molar-refractivity contribution is 9.10. The fourth-order valence-corrected chi connectivity index (χ4v) is 4.12. The first-order valence-corrected chi connectivity index (χ1v) is 10.5. The zero-order valence-electron chi connectivity index (χ0n) is 16.4. The number of Topliss-reactive ketones (excluding diaryl/α,β-unsaturated/α-hetero) is 1. The van der Waals surface area contributed by atoms with Crippen molar-refractivity contribution in [3.05, 3.63) is 57.3 Å². The number of nitrogens with zero attached hydrogens (tertiary/aromatic N) is 1. The minimum atomic E-state index is -0.455. The van der Waals surface area contributed by atoms with Crippen molar-refractivity contribution in [3.63, 3.8) is 0 Å². The minimum Gasteiger partial charge on any atom is -0.467 e. The average Bonchev–Trinajstić information content (AvgIpc) is 3.09. The molecule has 1 fully saturated rings. The fourth-order valence-electron chi connectivity index (χ4n) is 3.60. The van der Waals surface area contributed by atoms with Crippen molar-refractivity contribution in [2.45, 2.75) is 6.61 Å². The lowest BCUT2D eigenvalue weighted by atomic mass is 10.1. The predicted octanol–water partition coefficient (Wildman–Crippen LogP) is 3.76. The number of fused-ring (bicyclic) bond motifs is 2. The number of allylic oxidation sites excluding steroid dienone is 1. The standard InChI is InChI=1S/C22H18BrNO7/c23-15-7-13(21-14(8-15)11-28-12-29-21)9-19-20(25)17-2-1-16(10-18(17)31-19)30-22(26)24-3-5-27-6-4-24/h1-2,7-10H,3-6,11-12H2/b19-9-. The number of carbonyl (C=O) groups is 2. The molecular weight excluding hydrogens is 470 g/mol. The molecule has 2 aromatic carbocycles. The molecule has 3 aliphatic heterocycles. The summed E-state index contributed by atoms with van der Waals surface area (Å²) in [6.45, 7) is 2.52. The molecule has 31 heavy (non-hydrogen) atoms. The summed E-state index contributed by atoms with van der Waals surface area (Å²) in [7, 11) is 0. The van der Waals surface area contributed by atoms with Crippen LogP contribution in [0.4, 0.5) is 4.79 Å². The van der Waals surface area contributed by atoms with Gasteiger partial charge in [-0.05, 0) is 30.3 Å². The van der Waals surface area contributed by atoms with Gasteiger partial charge in [-0.2, -0.15) is 0 Å². The Bertz CT molecular complexity index is 1090. The Morgan fingerprint density at radius 2 is 1.97 bits per heavy atom. The van der Waals surface area contributed by atoms with Gasteiger partial charge in [0.05, 0.1) is 25.4 Å². The number of amides is 1. The minimum absolute atomic E-state index is 0.151. The first kappa shape index (κ1) is 20.0. The van der Waals surface area contributed by atoms with Crippen LogP contribution < -0.4 is 14.2 Å². The van der Waals surface area contributed by atoms with Gasteiger partial charge >= 0.3 is 6.09 Å². The molecule has 8 nitrogen and oxygen atoms in total. The molecule has 0 saturated carbocycles. The van der Waals surface area contributed by atoms with Crippen molar-refractivity contribution in [1.29, 1.82) is 0 Å². The molecule has 0 aliphatic carbocycles. The molecule has 0 bridgehead atoms. The first-order chi connectivity index (χ1) is 15.1. The summed E-state index contributed by atoms with van der Waals surface area (Å²) < 4.78 is 28.3. The summed E-state index contributed by atoms with van der Waals surface area (Å²) >= 11 is 3.47. The average molecular weight is 488 g/mol. The van der Waals surface area contributed by atoms with Crippen molar-refractivity contribution >= 4 is 33.9 Å². The summed E-state index contributed by atoms with van der Waals surface area (Å²) in [4.78, 5) is 26.7. The van der Waals surface area contributed by atoms with Crippen molar-refractivity contribution in [2.75, 3.05) is 33.1 Å². The second-order valence-corrected chi connectivity index (χ2v) is 8.07. The van der Waals surface area contributed by atoms with E-state index in [9.17, 15) is 9.59 Å². The number of ether oxygens (including phenoxy) is 5. The van der Waals surface area contributed by atoms with E-state index in [2.05, 4.69) is 15.9 Å². The van der Waals surface area contributed by atoms with Gasteiger partial charge in [0.15, 0.2) is 12.6 Å². The molecule has 1 amide bonds. The van der Waals surface area contributed by atoms with Crippen LogP contribution in [-0.4, -0.2) is 49.9 Å². The van der Waals surface area contributed by atoms with Crippen LogP contribution in [0, 0.1) is 0 Å². The molecule has 5 rings (SSSR count). The normalized spacial score (nSPS) is 18.8. The Morgan fingerprint density at radius 3 is 2.81 bits per heavy atom. The lowest BCUT2D eigenvalue weighted by Crippen LogP contribution is -2.42. The molecule has 1 saturated heterocycles. The van der Waals surface area contributed by atoms with Gasteiger partial charge in [-0.15, -0.1) is 0 Å². The Balaban J connectivity index is 1.38. The van der Waals surface area contributed by atoms with Crippen LogP contribution in [0.1, 0.15) is 21.5 Å². The molecule has 0 aromatic heterocycles. The maximum Gasteiger partial charge on any atom is 0.415 e. The van der Waals surface area contributed by atoms with E-state index < -0.39 is 6.09 Å².